The fourth-order valence-electron chi connectivity index (χ4n) is 3.12. The molecule has 0 aromatic heterocycles. The maximum absolute atomic E-state index is 12.3. The van der Waals surface area contributed by atoms with Crippen LogP contribution in [0.4, 0.5) is 17.1 Å². The number of carbonyl (C=O) groups is 3. The van der Waals surface area contributed by atoms with Crippen LogP contribution < -0.4 is 15.5 Å². The van der Waals surface area contributed by atoms with Gasteiger partial charge in [0.1, 0.15) is 0 Å². The summed E-state index contributed by atoms with van der Waals surface area (Å²) in [5.41, 5.74) is 3.68. The van der Waals surface area contributed by atoms with E-state index < -0.39 is 11.8 Å². The van der Waals surface area contributed by atoms with Gasteiger partial charge in [-0.2, -0.15) is 0 Å². The third kappa shape index (κ3) is 4.34. The maximum atomic E-state index is 12.3. The van der Waals surface area contributed by atoms with Gasteiger partial charge in [-0.25, -0.2) is 0 Å². The van der Waals surface area contributed by atoms with Gasteiger partial charge in [0.25, 0.3) is 0 Å². The van der Waals surface area contributed by atoms with Gasteiger partial charge in [0.2, 0.25) is 5.91 Å². The number of para-hydroxylation sites is 1. The van der Waals surface area contributed by atoms with Gasteiger partial charge < -0.3 is 15.5 Å². The number of hydrogen-bond donors (Lipinski definition) is 2. The predicted molar refractivity (Wildman–Crippen MR) is 106 cm³/mol. The van der Waals surface area contributed by atoms with Crippen LogP contribution in [0.3, 0.4) is 0 Å². The Hall–Kier alpha value is -3.15. The molecule has 0 saturated carbocycles. The fraction of sp³-hybridized carbons (Fsp3) is 0.286. The molecule has 1 fully saturated rings. The van der Waals surface area contributed by atoms with Gasteiger partial charge in [-0.3, -0.25) is 14.4 Å². The Morgan fingerprint density at radius 2 is 1.67 bits per heavy atom. The molecule has 1 aliphatic heterocycles. The van der Waals surface area contributed by atoms with Crippen molar-refractivity contribution in [3.8, 4) is 0 Å². The molecular weight excluding hydrogens is 342 g/mol. The smallest absolute Gasteiger partial charge is 0.314 e. The SMILES string of the molecule is Cc1ccccc1NC(=O)C(=O)Nc1ccc(C)c(N2CCCCC2=O)c1. The van der Waals surface area contributed by atoms with Crippen LogP contribution in [-0.2, 0) is 14.4 Å². The monoisotopic (exact) mass is 365 g/mol. The lowest BCUT2D eigenvalue weighted by molar-refractivity contribution is -0.133. The zero-order valence-corrected chi connectivity index (χ0v) is 15.5. The normalized spacial score (nSPS) is 14.0. The largest absolute Gasteiger partial charge is 0.318 e. The number of aryl methyl sites for hydroxylation is 2. The molecule has 1 saturated heterocycles. The molecule has 3 rings (SSSR count). The molecule has 1 heterocycles. The highest BCUT2D eigenvalue weighted by Gasteiger charge is 2.22. The first-order valence-corrected chi connectivity index (χ1v) is 9.04. The summed E-state index contributed by atoms with van der Waals surface area (Å²) in [6.07, 6.45) is 2.40. The van der Waals surface area contributed by atoms with Crippen molar-refractivity contribution in [2.75, 3.05) is 22.1 Å². The molecular formula is C21H23N3O3. The summed E-state index contributed by atoms with van der Waals surface area (Å²) in [4.78, 5) is 38.4. The second kappa shape index (κ2) is 8.03. The second-order valence-corrected chi connectivity index (χ2v) is 6.73. The summed E-state index contributed by atoms with van der Waals surface area (Å²) >= 11 is 0. The van der Waals surface area contributed by atoms with Crippen LogP contribution in [0.1, 0.15) is 30.4 Å². The molecule has 0 bridgehead atoms. The lowest BCUT2D eigenvalue weighted by Gasteiger charge is -2.28. The number of anilines is 3. The van der Waals surface area contributed by atoms with Gasteiger partial charge in [0.05, 0.1) is 0 Å². The number of hydrogen-bond acceptors (Lipinski definition) is 3. The standard InChI is InChI=1S/C21H23N3O3/c1-14-7-3-4-8-17(14)23-21(27)20(26)22-16-11-10-15(2)18(13-16)24-12-6-5-9-19(24)25/h3-4,7-8,10-11,13H,5-6,9,12H2,1-2H3,(H,22,26)(H,23,27). The van der Waals surface area contributed by atoms with Gasteiger partial charge >= 0.3 is 11.8 Å². The first-order chi connectivity index (χ1) is 13.0. The second-order valence-electron chi connectivity index (χ2n) is 6.73. The van der Waals surface area contributed by atoms with Crippen LogP contribution in [0, 0.1) is 13.8 Å². The highest BCUT2D eigenvalue weighted by molar-refractivity contribution is 6.43. The summed E-state index contributed by atoms with van der Waals surface area (Å²) in [6.45, 7) is 4.45. The highest BCUT2D eigenvalue weighted by atomic mass is 16.2. The Labute approximate surface area is 158 Å². The highest BCUT2D eigenvalue weighted by Crippen LogP contribution is 2.27. The van der Waals surface area contributed by atoms with Crippen molar-refractivity contribution in [1.82, 2.24) is 0 Å². The van der Waals surface area contributed by atoms with Crippen molar-refractivity contribution in [1.29, 1.82) is 0 Å². The lowest BCUT2D eigenvalue weighted by Crippen LogP contribution is -2.35. The van der Waals surface area contributed by atoms with Crippen molar-refractivity contribution in [3.63, 3.8) is 0 Å². The fourth-order valence-corrected chi connectivity index (χ4v) is 3.12. The van der Waals surface area contributed by atoms with E-state index in [1.165, 1.54) is 0 Å². The number of benzene rings is 2. The third-order valence-electron chi connectivity index (χ3n) is 4.68. The Balaban J connectivity index is 1.72. The number of piperidine rings is 1. The van der Waals surface area contributed by atoms with Crippen LogP contribution in [0.25, 0.3) is 0 Å². The van der Waals surface area contributed by atoms with Crippen LogP contribution in [0.5, 0.6) is 0 Å². The first-order valence-electron chi connectivity index (χ1n) is 9.04. The Morgan fingerprint density at radius 1 is 0.926 bits per heavy atom. The van der Waals surface area contributed by atoms with Crippen molar-refractivity contribution in [2.24, 2.45) is 0 Å². The van der Waals surface area contributed by atoms with Crippen LogP contribution in [0.2, 0.25) is 0 Å². The molecule has 0 atom stereocenters. The van der Waals surface area contributed by atoms with E-state index in [-0.39, 0.29) is 5.91 Å². The molecule has 0 radical (unpaired) electrons. The quantitative estimate of drug-likeness (QED) is 0.819. The van der Waals surface area contributed by atoms with E-state index in [1.807, 2.05) is 32.0 Å². The van der Waals surface area contributed by atoms with Crippen LogP contribution in [-0.4, -0.2) is 24.3 Å². The van der Waals surface area contributed by atoms with E-state index in [2.05, 4.69) is 10.6 Å². The van der Waals surface area contributed by atoms with Crippen molar-refractivity contribution in [2.45, 2.75) is 33.1 Å². The number of rotatable bonds is 3. The van der Waals surface area contributed by atoms with Crippen molar-refractivity contribution in [3.05, 3.63) is 53.6 Å². The molecule has 0 aliphatic carbocycles. The van der Waals surface area contributed by atoms with Gasteiger partial charge in [0, 0.05) is 30.0 Å². The van der Waals surface area contributed by atoms with Crippen LogP contribution in [0.15, 0.2) is 42.5 Å². The van der Waals surface area contributed by atoms with Gasteiger partial charge in [-0.05, 0) is 56.0 Å². The molecule has 2 aromatic rings. The molecule has 1 aliphatic rings. The first kappa shape index (κ1) is 18.6. The van der Waals surface area contributed by atoms with E-state index >= 15 is 0 Å². The van der Waals surface area contributed by atoms with Gasteiger partial charge in [-0.1, -0.05) is 24.3 Å². The molecule has 3 amide bonds. The summed E-state index contributed by atoms with van der Waals surface area (Å²) in [5.74, 6) is -1.40. The third-order valence-corrected chi connectivity index (χ3v) is 4.68. The number of nitrogens with zero attached hydrogens (tertiary/aromatic N) is 1. The van der Waals surface area contributed by atoms with Gasteiger partial charge in [-0.15, -0.1) is 0 Å². The van der Waals surface area contributed by atoms with Crippen molar-refractivity contribution < 1.29 is 14.4 Å². The molecule has 6 heteroatoms. The molecule has 140 valence electrons. The maximum Gasteiger partial charge on any atom is 0.314 e. The topological polar surface area (TPSA) is 78.5 Å². The van der Waals surface area contributed by atoms with Crippen molar-refractivity contribution >= 4 is 34.8 Å². The lowest BCUT2D eigenvalue weighted by atomic mass is 10.1. The molecule has 27 heavy (non-hydrogen) atoms. The zero-order chi connectivity index (χ0) is 19.4. The Kier molecular flexibility index (Phi) is 5.54. The molecule has 0 spiro atoms. The van der Waals surface area contributed by atoms with E-state index in [0.717, 1.165) is 29.7 Å². The minimum atomic E-state index is -0.752. The number of carbonyl (C=O) groups excluding carboxylic acids is 3. The van der Waals surface area contributed by atoms with Gasteiger partial charge in [0.15, 0.2) is 0 Å². The average molecular weight is 365 g/mol. The average Bonchev–Trinajstić information content (AvgIpc) is 2.65. The molecule has 2 N–H and O–H groups in total. The van der Waals surface area contributed by atoms with E-state index in [1.54, 1.807) is 29.2 Å². The predicted octanol–water partition coefficient (Wildman–Crippen LogP) is 3.40. The molecule has 0 unspecified atom stereocenters. The summed E-state index contributed by atoms with van der Waals surface area (Å²) < 4.78 is 0. The summed E-state index contributed by atoms with van der Waals surface area (Å²) in [7, 11) is 0. The van der Waals surface area contributed by atoms with E-state index in [9.17, 15) is 14.4 Å². The van der Waals surface area contributed by atoms with E-state index in [4.69, 9.17) is 0 Å². The Morgan fingerprint density at radius 3 is 2.41 bits per heavy atom. The van der Waals surface area contributed by atoms with Crippen LogP contribution >= 0.6 is 0 Å². The minimum Gasteiger partial charge on any atom is -0.318 e. The number of nitrogens with one attached hydrogen (secondary N) is 2. The zero-order valence-electron chi connectivity index (χ0n) is 15.5. The Bertz CT molecular complexity index is 892. The molecule has 2 aromatic carbocycles. The van der Waals surface area contributed by atoms with E-state index in [0.29, 0.717) is 24.3 Å². The minimum absolute atomic E-state index is 0.0881. The summed E-state index contributed by atoms with van der Waals surface area (Å²) in [5, 5.41) is 5.23. The number of amides is 3. The molecule has 6 nitrogen and oxygen atoms in total. The summed E-state index contributed by atoms with van der Waals surface area (Å²) in [6, 6.07) is 12.6.